The number of carbonyl (C=O) groups is 1. The molecular formula is C10H17NO2. The smallest absolute Gasteiger partial charge is 0.252 e. The minimum absolute atomic E-state index is 0.304. The van der Waals surface area contributed by atoms with E-state index in [0.717, 1.165) is 0 Å². The largest absolute Gasteiger partial charge is 0.388 e. The van der Waals surface area contributed by atoms with Crippen molar-refractivity contribution in [2.75, 3.05) is 0 Å². The number of amides is 1. The zero-order valence-corrected chi connectivity index (χ0v) is 8.64. The molecule has 0 saturated heterocycles. The first-order valence-electron chi connectivity index (χ1n) is 4.11. The van der Waals surface area contributed by atoms with Crippen LogP contribution in [-0.2, 0) is 4.79 Å². The van der Waals surface area contributed by atoms with Crippen molar-refractivity contribution in [3.8, 4) is 0 Å². The Morgan fingerprint density at radius 2 is 1.92 bits per heavy atom. The van der Waals surface area contributed by atoms with E-state index < -0.39 is 11.1 Å². The second-order valence-corrected chi connectivity index (χ2v) is 4.02. The van der Waals surface area contributed by atoms with E-state index in [1.54, 1.807) is 27.7 Å². The average molecular weight is 183 g/mol. The van der Waals surface area contributed by atoms with Crippen molar-refractivity contribution in [1.29, 1.82) is 0 Å². The number of hydrogen-bond donors (Lipinski definition) is 2. The molecule has 0 fully saturated rings. The third-order valence-corrected chi connectivity index (χ3v) is 2.20. The first kappa shape index (κ1) is 11.9. The van der Waals surface area contributed by atoms with Gasteiger partial charge in [0.05, 0.1) is 11.1 Å². The van der Waals surface area contributed by atoms with Gasteiger partial charge in [0.15, 0.2) is 0 Å². The minimum Gasteiger partial charge on any atom is -0.388 e. The number of aliphatic hydroxyl groups is 1. The van der Waals surface area contributed by atoms with Gasteiger partial charge >= 0.3 is 0 Å². The zero-order chi connectivity index (χ0) is 10.7. The van der Waals surface area contributed by atoms with Crippen LogP contribution in [0.25, 0.3) is 0 Å². The molecule has 0 aliphatic carbocycles. The van der Waals surface area contributed by atoms with Gasteiger partial charge in [-0.25, -0.2) is 0 Å². The fourth-order valence-corrected chi connectivity index (χ4v) is 0.590. The van der Waals surface area contributed by atoms with Crippen molar-refractivity contribution in [2.24, 2.45) is 0 Å². The predicted octanol–water partition coefficient (Wildman–Crippen LogP) is 0.993. The third kappa shape index (κ3) is 3.45. The van der Waals surface area contributed by atoms with Crippen LogP contribution in [0, 0.1) is 0 Å². The van der Waals surface area contributed by atoms with Gasteiger partial charge in [-0.15, -0.1) is 5.73 Å². The predicted molar refractivity (Wildman–Crippen MR) is 52.2 cm³/mol. The summed E-state index contributed by atoms with van der Waals surface area (Å²) in [4.78, 5) is 11.1. The van der Waals surface area contributed by atoms with Crippen molar-refractivity contribution < 1.29 is 9.90 Å². The average Bonchev–Trinajstić information content (AvgIpc) is 1.83. The number of nitrogens with one attached hydrogen (secondary N) is 1. The molecule has 0 spiro atoms. The Bertz CT molecular complexity index is 242. The molecule has 0 heterocycles. The van der Waals surface area contributed by atoms with Crippen molar-refractivity contribution in [1.82, 2.24) is 5.32 Å². The van der Waals surface area contributed by atoms with Crippen LogP contribution >= 0.6 is 0 Å². The Morgan fingerprint density at radius 3 is 2.23 bits per heavy atom. The summed E-state index contributed by atoms with van der Waals surface area (Å²) in [5.74, 6) is -0.304. The molecule has 74 valence electrons. The molecule has 13 heavy (non-hydrogen) atoms. The van der Waals surface area contributed by atoms with Crippen LogP contribution in [0.4, 0.5) is 0 Å². The fraction of sp³-hybridized carbons (Fsp3) is 0.600. The standard InChI is InChI=1S/C10H17NO2/c1-6-7-8(12)11-9(2,3)10(4,5)13/h7,13H,1H2,2-5H3,(H,11,12). The molecule has 0 aliphatic rings. The highest BCUT2D eigenvalue weighted by atomic mass is 16.3. The Labute approximate surface area is 79.2 Å². The summed E-state index contributed by atoms with van der Waals surface area (Å²) in [5, 5.41) is 12.3. The molecule has 0 aromatic rings. The maximum atomic E-state index is 11.1. The van der Waals surface area contributed by atoms with Crippen LogP contribution in [0.15, 0.2) is 18.4 Å². The van der Waals surface area contributed by atoms with Crippen molar-refractivity contribution in [3.05, 3.63) is 18.4 Å². The molecule has 0 bridgehead atoms. The van der Waals surface area contributed by atoms with Gasteiger partial charge in [0, 0.05) is 6.08 Å². The molecule has 0 aromatic heterocycles. The van der Waals surface area contributed by atoms with E-state index in [-0.39, 0.29) is 5.91 Å². The van der Waals surface area contributed by atoms with Gasteiger partial charge in [-0.1, -0.05) is 6.58 Å². The summed E-state index contributed by atoms with van der Waals surface area (Å²) in [6.07, 6.45) is 1.20. The molecule has 3 nitrogen and oxygen atoms in total. The van der Waals surface area contributed by atoms with Gasteiger partial charge < -0.3 is 10.4 Å². The SMILES string of the molecule is C=C=CC(=O)NC(C)(C)C(C)(C)O. The van der Waals surface area contributed by atoms with Crippen molar-refractivity contribution >= 4 is 5.91 Å². The molecule has 1 amide bonds. The molecule has 3 heteroatoms. The van der Waals surface area contributed by atoms with Crippen molar-refractivity contribution in [3.63, 3.8) is 0 Å². The molecule has 0 aromatic carbocycles. The van der Waals surface area contributed by atoms with Gasteiger partial charge in [0.1, 0.15) is 0 Å². The Balaban J connectivity index is 4.52. The molecular weight excluding hydrogens is 166 g/mol. The van der Waals surface area contributed by atoms with Crippen LogP contribution in [0.5, 0.6) is 0 Å². The highest BCUT2D eigenvalue weighted by Crippen LogP contribution is 2.20. The molecule has 0 radical (unpaired) electrons. The summed E-state index contributed by atoms with van der Waals surface area (Å²) >= 11 is 0. The molecule has 0 atom stereocenters. The van der Waals surface area contributed by atoms with E-state index in [4.69, 9.17) is 0 Å². The number of rotatable bonds is 3. The zero-order valence-electron chi connectivity index (χ0n) is 8.64. The monoisotopic (exact) mass is 183 g/mol. The van der Waals surface area contributed by atoms with Crippen LogP contribution in [0.1, 0.15) is 27.7 Å². The van der Waals surface area contributed by atoms with E-state index in [0.29, 0.717) is 0 Å². The molecule has 2 N–H and O–H groups in total. The first-order valence-corrected chi connectivity index (χ1v) is 4.11. The van der Waals surface area contributed by atoms with Gasteiger partial charge in [-0.3, -0.25) is 4.79 Å². The lowest BCUT2D eigenvalue weighted by Crippen LogP contribution is -2.57. The van der Waals surface area contributed by atoms with Gasteiger partial charge in [-0.2, -0.15) is 0 Å². The van der Waals surface area contributed by atoms with Crippen LogP contribution in [-0.4, -0.2) is 22.2 Å². The lowest BCUT2D eigenvalue weighted by atomic mass is 9.86. The Kier molecular flexibility index (Phi) is 3.47. The molecule has 0 aliphatic heterocycles. The van der Waals surface area contributed by atoms with Crippen LogP contribution in [0.3, 0.4) is 0 Å². The number of carbonyl (C=O) groups excluding carboxylic acids is 1. The summed E-state index contributed by atoms with van der Waals surface area (Å²) in [6, 6.07) is 0. The Morgan fingerprint density at radius 1 is 1.46 bits per heavy atom. The van der Waals surface area contributed by atoms with Gasteiger partial charge in [0.25, 0.3) is 5.91 Å². The van der Waals surface area contributed by atoms with Gasteiger partial charge in [0.2, 0.25) is 0 Å². The fourth-order valence-electron chi connectivity index (χ4n) is 0.590. The van der Waals surface area contributed by atoms with Crippen LogP contribution < -0.4 is 5.32 Å². The van der Waals surface area contributed by atoms with E-state index in [1.807, 2.05) is 0 Å². The Hall–Kier alpha value is -1.05. The normalized spacial score (nSPS) is 11.8. The number of hydrogen-bond acceptors (Lipinski definition) is 2. The summed E-state index contributed by atoms with van der Waals surface area (Å²) < 4.78 is 0. The highest BCUT2D eigenvalue weighted by Gasteiger charge is 2.35. The van der Waals surface area contributed by atoms with E-state index in [2.05, 4.69) is 17.6 Å². The minimum atomic E-state index is -0.975. The highest BCUT2D eigenvalue weighted by molar-refractivity contribution is 5.87. The summed E-state index contributed by atoms with van der Waals surface area (Å²) in [7, 11) is 0. The maximum Gasteiger partial charge on any atom is 0.252 e. The second-order valence-electron chi connectivity index (χ2n) is 4.02. The van der Waals surface area contributed by atoms with Crippen LogP contribution in [0.2, 0.25) is 0 Å². The quantitative estimate of drug-likeness (QED) is 0.506. The summed E-state index contributed by atoms with van der Waals surface area (Å²) in [6.45, 7) is 10.1. The maximum absolute atomic E-state index is 11.1. The molecule has 0 unspecified atom stereocenters. The lowest BCUT2D eigenvalue weighted by Gasteiger charge is -2.37. The lowest BCUT2D eigenvalue weighted by molar-refractivity contribution is -0.121. The van der Waals surface area contributed by atoms with Gasteiger partial charge in [-0.05, 0) is 27.7 Å². The third-order valence-electron chi connectivity index (χ3n) is 2.20. The van der Waals surface area contributed by atoms with E-state index in [1.165, 1.54) is 6.08 Å². The first-order chi connectivity index (χ1) is 5.70. The second kappa shape index (κ2) is 3.77. The summed E-state index contributed by atoms with van der Waals surface area (Å²) in [5.41, 5.74) is 0.715. The molecule has 0 saturated carbocycles. The van der Waals surface area contributed by atoms with E-state index >= 15 is 0 Å². The van der Waals surface area contributed by atoms with Crippen molar-refractivity contribution in [2.45, 2.75) is 38.8 Å². The molecule has 0 rings (SSSR count). The topological polar surface area (TPSA) is 49.3 Å². The van der Waals surface area contributed by atoms with E-state index in [9.17, 15) is 9.90 Å².